The maximum atomic E-state index is 12.1. The maximum Gasteiger partial charge on any atom is 0.319 e. The van der Waals surface area contributed by atoms with Gasteiger partial charge in [0.15, 0.2) is 11.5 Å². The average molecular weight is 369 g/mol. The minimum Gasteiger partial charge on any atom is -0.493 e. The predicted molar refractivity (Wildman–Crippen MR) is 96.6 cm³/mol. The Labute approximate surface area is 150 Å². The summed E-state index contributed by atoms with van der Waals surface area (Å²) in [5, 5.41) is 6.37. The van der Waals surface area contributed by atoms with Crippen LogP contribution in [0, 0.1) is 0 Å². The number of hydrogen-bond acceptors (Lipinski definition) is 3. The van der Waals surface area contributed by atoms with Crippen molar-refractivity contribution in [3.05, 3.63) is 52.0 Å². The third kappa shape index (κ3) is 4.46. The summed E-state index contributed by atoms with van der Waals surface area (Å²) in [4.78, 5) is 12.1. The molecule has 2 aromatic carbocycles. The van der Waals surface area contributed by atoms with E-state index in [1.165, 1.54) is 0 Å². The van der Waals surface area contributed by atoms with Crippen molar-refractivity contribution < 1.29 is 14.3 Å². The fourth-order valence-electron chi connectivity index (χ4n) is 2.14. The predicted octanol–water partition coefficient (Wildman–Crippen LogP) is 4.89. The van der Waals surface area contributed by atoms with Crippen molar-refractivity contribution in [2.75, 3.05) is 19.5 Å². The first kappa shape index (κ1) is 18.2. The average Bonchev–Trinajstić information content (AvgIpc) is 2.57. The molecule has 0 radical (unpaired) electrons. The van der Waals surface area contributed by atoms with Gasteiger partial charge in [-0.15, -0.1) is 0 Å². The number of ether oxygens (including phenoxy) is 2. The van der Waals surface area contributed by atoms with Gasteiger partial charge in [-0.2, -0.15) is 0 Å². The van der Waals surface area contributed by atoms with Crippen LogP contribution in [-0.4, -0.2) is 20.3 Å². The number of carbonyl (C=O) groups is 1. The SMILES string of the molecule is COc1ccc(C(C)NC(=O)Nc2ccc(Cl)c(Cl)c2)cc1OC. The normalized spacial score (nSPS) is 11.5. The van der Waals surface area contributed by atoms with Crippen LogP contribution in [0.25, 0.3) is 0 Å². The second-order valence-corrected chi connectivity index (χ2v) is 5.88. The molecule has 2 aromatic rings. The largest absolute Gasteiger partial charge is 0.493 e. The van der Waals surface area contributed by atoms with Gasteiger partial charge in [0.1, 0.15) is 0 Å². The second-order valence-electron chi connectivity index (χ2n) is 5.06. The number of benzene rings is 2. The molecule has 24 heavy (non-hydrogen) atoms. The van der Waals surface area contributed by atoms with Crippen molar-refractivity contribution in [3.63, 3.8) is 0 Å². The number of urea groups is 1. The van der Waals surface area contributed by atoms with E-state index in [1.54, 1.807) is 38.5 Å². The van der Waals surface area contributed by atoms with Crippen LogP contribution < -0.4 is 20.1 Å². The van der Waals surface area contributed by atoms with Gasteiger partial charge < -0.3 is 20.1 Å². The summed E-state index contributed by atoms with van der Waals surface area (Å²) in [5.41, 5.74) is 1.44. The molecule has 0 saturated carbocycles. The number of amides is 2. The van der Waals surface area contributed by atoms with Crippen LogP contribution in [0.3, 0.4) is 0 Å². The highest BCUT2D eigenvalue weighted by atomic mass is 35.5. The molecular weight excluding hydrogens is 351 g/mol. The fraction of sp³-hybridized carbons (Fsp3) is 0.235. The summed E-state index contributed by atoms with van der Waals surface area (Å²) in [6, 6.07) is 9.79. The number of halogens is 2. The molecule has 2 N–H and O–H groups in total. The Morgan fingerprint density at radius 3 is 2.33 bits per heavy atom. The van der Waals surface area contributed by atoms with Crippen molar-refractivity contribution in [1.82, 2.24) is 5.32 Å². The highest BCUT2D eigenvalue weighted by Crippen LogP contribution is 2.30. The number of anilines is 1. The van der Waals surface area contributed by atoms with E-state index in [4.69, 9.17) is 32.7 Å². The van der Waals surface area contributed by atoms with Gasteiger partial charge >= 0.3 is 6.03 Å². The van der Waals surface area contributed by atoms with E-state index in [1.807, 2.05) is 19.1 Å². The van der Waals surface area contributed by atoms with Gasteiger partial charge in [0.05, 0.1) is 30.3 Å². The first-order valence-corrected chi connectivity index (χ1v) is 7.94. The molecule has 0 aliphatic carbocycles. The van der Waals surface area contributed by atoms with Crippen LogP contribution in [0.1, 0.15) is 18.5 Å². The summed E-state index contributed by atoms with van der Waals surface area (Å²) >= 11 is 11.8. The number of methoxy groups -OCH3 is 2. The van der Waals surface area contributed by atoms with Gasteiger partial charge in [0.25, 0.3) is 0 Å². The first-order chi connectivity index (χ1) is 11.4. The van der Waals surface area contributed by atoms with Gasteiger partial charge in [-0.25, -0.2) is 4.79 Å². The molecule has 2 amide bonds. The third-order valence-corrected chi connectivity index (χ3v) is 4.17. The lowest BCUT2D eigenvalue weighted by Gasteiger charge is -2.17. The fourth-order valence-corrected chi connectivity index (χ4v) is 2.44. The molecule has 1 unspecified atom stereocenters. The number of hydrogen-bond donors (Lipinski definition) is 2. The number of nitrogens with one attached hydrogen (secondary N) is 2. The molecule has 5 nitrogen and oxygen atoms in total. The van der Waals surface area contributed by atoms with Crippen LogP contribution >= 0.6 is 23.2 Å². The van der Waals surface area contributed by atoms with Crippen molar-refractivity contribution >= 4 is 34.9 Å². The zero-order valence-electron chi connectivity index (χ0n) is 13.5. The lowest BCUT2D eigenvalue weighted by atomic mass is 10.1. The van der Waals surface area contributed by atoms with E-state index < -0.39 is 0 Å². The molecule has 7 heteroatoms. The molecular formula is C17H18Cl2N2O3. The Kier molecular flexibility index (Phi) is 6.17. The molecule has 0 spiro atoms. The Morgan fingerprint density at radius 2 is 1.71 bits per heavy atom. The third-order valence-electron chi connectivity index (χ3n) is 3.43. The molecule has 0 aliphatic rings. The summed E-state index contributed by atoms with van der Waals surface area (Å²) in [7, 11) is 3.14. The molecule has 2 rings (SSSR count). The van der Waals surface area contributed by atoms with Crippen LogP contribution in [0.2, 0.25) is 10.0 Å². The van der Waals surface area contributed by atoms with Crippen molar-refractivity contribution in [3.8, 4) is 11.5 Å². The highest BCUT2D eigenvalue weighted by molar-refractivity contribution is 6.42. The lowest BCUT2D eigenvalue weighted by molar-refractivity contribution is 0.249. The molecule has 0 heterocycles. The zero-order valence-corrected chi connectivity index (χ0v) is 15.0. The van der Waals surface area contributed by atoms with E-state index in [0.29, 0.717) is 27.2 Å². The van der Waals surface area contributed by atoms with Crippen molar-refractivity contribution in [2.24, 2.45) is 0 Å². The zero-order chi connectivity index (χ0) is 17.7. The summed E-state index contributed by atoms with van der Waals surface area (Å²) < 4.78 is 10.5. The van der Waals surface area contributed by atoms with E-state index in [9.17, 15) is 4.79 Å². The van der Waals surface area contributed by atoms with Gasteiger partial charge in [-0.3, -0.25) is 0 Å². The molecule has 0 fully saturated rings. The standard InChI is InChI=1S/C17H18Cl2N2O3/c1-10(11-4-7-15(23-2)16(8-11)24-3)20-17(22)21-12-5-6-13(18)14(19)9-12/h4-10H,1-3H3,(H2,20,21,22). The molecule has 128 valence electrons. The number of carbonyl (C=O) groups excluding carboxylic acids is 1. The maximum absolute atomic E-state index is 12.1. The molecule has 0 aliphatic heterocycles. The van der Waals surface area contributed by atoms with Crippen molar-refractivity contribution in [2.45, 2.75) is 13.0 Å². The van der Waals surface area contributed by atoms with Gasteiger partial charge in [-0.1, -0.05) is 29.3 Å². The van der Waals surface area contributed by atoms with E-state index in [0.717, 1.165) is 5.56 Å². The quantitative estimate of drug-likeness (QED) is 0.789. The Bertz CT molecular complexity index is 738. The summed E-state index contributed by atoms with van der Waals surface area (Å²) in [6.07, 6.45) is 0. The summed E-state index contributed by atoms with van der Waals surface area (Å²) in [5.74, 6) is 1.24. The van der Waals surface area contributed by atoms with Crippen LogP contribution in [0.4, 0.5) is 10.5 Å². The number of rotatable bonds is 5. The molecule has 0 bridgehead atoms. The Hall–Kier alpha value is -2.11. The van der Waals surface area contributed by atoms with E-state index >= 15 is 0 Å². The van der Waals surface area contributed by atoms with E-state index in [-0.39, 0.29) is 12.1 Å². The van der Waals surface area contributed by atoms with Crippen LogP contribution in [-0.2, 0) is 0 Å². The second kappa shape index (κ2) is 8.13. The van der Waals surface area contributed by atoms with E-state index in [2.05, 4.69) is 10.6 Å². The molecule has 0 aromatic heterocycles. The van der Waals surface area contributed by atoms with Crippen LogP contribution in [0.15, 0.2) is 36.4 Å². The smallest absolute Gasteiger partial charge is 0.319 e. The topological polar surface area (TPSA) is 59.6 Å². The van der Waals surface area contributed by atoms with Gasteiger partial charge in [0, 0.05) is 5.69 Å². The minimum absolute atomic E-state index is 0.229. The Balaban J connectivity index is 2.04. The van der Waals surface area contributed by atoms with Gasteiger partial charge in [-0.05, 0) is 42.8 Å². The molecule has 0 saturated heterocycles. The highest BCUT2D eigenvalue weighted by Gasteiger charge is 2.13. The lowest BCUT2D eigenvalue weighted by Crippen LogP contribution is -2.31. The molecule has 1 atom stereocenters. The van der Waals surface area contributed by atoms with Crippen molar-refractivity contribution in [1.29, 1.82) is 0 Å². The summed E-state index contributed by atoms with van der Waals surface area (Å²) in [6.45, 7) is 1.87. The monoisotopic (exact) mass is 368 g/mol. The first-order valence-electron chi connectivity index (χ1n) is 7.19. The van der Waals surface area contributed by atoms with Crippen LogP contribution in [0.5, 0.6) is 11.5 Å². The Morgan fingerprint density at radius 1 is 1.00 bits per heavy atom. The minimum atomic E-state index is -0.351. The van der Waals surface area contributed by atoms with Gasteiger partial charge in [0.2, 0.25) is 0 Å².